The van der Waals surface area contributed by atoms with Crippen LogP contribution in [0.4, 0.5) is 0 Å². The quantitative estimate of drug-likeness (QED) is 0.590. The molecular weight excluding hydrogens is 370 g/mol. The second kappa shape index (κ2) is 8.98. The van der Waals surface area contributed by atoms with Gasteiger partial charge in [0, 0.05) is 17.4 Å². The van der Waals surface area contributed by atoms with Crippen molar-refractivity contribution in [1.29, 1.82) is 0 Å². The molecule has 5 nitrogen and oxygen atoms in total. The SMILES string of the molecule is Cc1ccc(C=NNC(=O)CCNC(=O)c2ccccc2Br)cc1. The van der Waals surface area contributed by atoms with E-state index < -0.39 is 0 Å². The van der Waals surface area contributed by atoms with Crippen molar-refractivity contribution in [3.05, 3.63) is 69.7 Å². The van der Waals surface area contributed by atoms with Crippen LogP contribution in [0.5, 0.6) is 0 Å². The number of benzene rings is 2. The monoisotopic (exact) mass is 387 g/mol. The highest BCUT2D eigenvalue weighted by atomic mass is 79.9. The van der Waals surface area contributed by atoms with Crippen LogP contribution in [0, 0.1) is 6.92 Å². The van der Waals surface area contributed by atoms with Crippen molar-refractivity contribution in [3.63, 3.8) is 0 Å². The minimum Gasteiger partial charge on any atom is -0.351 e. The molecule has 2 amide bonds. The Balaban J connectivity index is 1.72. The molecule has 0 heterocycles. The molecule has 0 fully saturated rings. The van der Waals surface area contributed by atoms with E-state index in [9.17, 15) is 9.59 Å². The first-order chi connectivity index (χ1) is 11.6. The zero-order chi connectivity index (χ0) is 17.4. The Morgan fingerprint density at radius 3 is 2.54 bits per heavy atom. The van der Waals surface area contributed by atoms with E-state index in [1.54, 1.807) is 24.4 Å². The summed E-state index contributed by atoms with van der Waals surface area (Å²) in [4.78, 5) is 23.7. The molecule has 0 bridgehead atoms. The minimum atomic E-state index is -0.259. The van der Waals surface area contributed by atoms with E-state index in [0.29, 0.717) is 5.56 Å². The molecule has 0 unspecified atom stereocenters. The highest BCUT2D eigenvalue weighted by molar-refractivity contribution is 9.10. The van der Waals surface area contributed by atoms with E-state index in [1.165, 1.54) is 0 Å². The highest BCUT2D eigenvalue weighted by Gasteiger charge is 2.09. The number of carbonyl (C=O) groups is 2. The van der Waals surface area contributed by atoms with Gasteiger partial charge in [-0.2, -0.15) is 5.10 Å². The molecule has 0 aliphatic rings. The van der Waals surface area contributed by atoms with Gasteiger partial charge in [-0.3, -0.25) is 9.59 Å². The van der Waals surface area contributed by atoms with Gasteiger partial charge >= 0.3 is 0 Å². The van der Waals surface area contributed by atoms with Crippen LogP contribution < -0.4 is 10.7 Å². The van der Waals surface area contributed by atoms with Gasteiger partial charge in [0.05, 0.1) is 11.8 Å². The van der Waals surface area contributed by atoms with Crippen molar-refractivity contribution in [3.8, 4) is 0 Å². The molecule has 0 aliphatic carbocycles. The summed E-state index contributed by atoms with van der Waals surface area (Å²) in [6.07, 6.45) is 1.73. The van der Waals surface area contributed by atoms with Gasteiger partial charge in [-0.25, -0.2) is 5.43 Å². The molecule has 0 saturated heterocycles. The van der Waals surface area contributed by atoms with E-state index in [4.69, 9.17) is 0 Å². The molecule has 0 aliphatic heterocycles. The molecule has 2 N–H and O–H groups in total. The van der Waals surface area contributed by atoms with Crippen LogP contribution in [0.25, 0.3) is 0 Å². The van der Waals surface area contributed by atoms with E-state index in [-0.39, 0.29) is 24.8 Å². The Labute approximate surface area is 149 Å². The lowest BCUT2D eigenvalue weighted by atomic mass is 10.2. The number of hydrazone groups is 1. The van der Waals surface area contributed by atoms with Crippen LogP contribution in [-0.4, -0.2) is 24.6 Å². The fourth-order valence-corrected chi connectivity index (χ4v) is 2.38. The molecular formula is C18H18BrN3O2. The third-order valence-electron chi connectivity index (χ3n) is 3.24. The molecule has 0 saturated carbocycles. The lowest BCUT2D eigenvalue weighted by Crippen LogP contribution is -2.29. The van der Waals surface area contributed by atoms with Crippen molar-refractivity contribution in [1.82, 2.24) is 10.7 Å². The lowest BCUT2D eigenvalue weighted by Gasteiger charge is -2.06. The van der Waals surface area contributed by atoms with Gasteiger partial charge in [-0.15, -0.1) is 0 Å². The summed E-state index contributed by atoms with van der Waals surface area (Å²) < 4.78 is 0.717. The molecule has 124 valence electrons. The van der Waals surface area contributed by atoms with Crippen LogP contribution in [0.2, 0.25) is 0 Å². The smallest absolute Gasteiger partial charge is 0.252 e. The summed E-state index contributed by atoms with van der Waals surface area (Å²) >= 11 is 3.32. The maximum Gasteiger partial charge on any atom is 0.252 e. The number of nitrogens with zero attached hydrogens (tertiary/aromatic N) is 1. The number of carbonyl (C=O) groups excluding carboxylic acids is 2. The van der Waals surface area contributed by atoms with Crippen LogP contribution in [0.1, 0.15) is 27.9 Å². The van der Waals surface area contributed by atoms with E-state index >= 15 is 0 Å². The first-order valence-electron chi connectivity index (χ1n) is 7.47. The highest BCUT2D eigenvalue weighted by Crippen LogP contribution is 2.15. The molecule has 6 heteroatoms. The largest absolute Gasteiger partial charge is 0.351 e. The Morgan fingerprint density at radius 2 is 1.83 bits per heavy atom. The molecule has 0 spiro atoms. The summed E-state index contributed by atoms with van der Waals surface area (Å²) in [6.45, 7) is 2.25. The average molecular weight is 388 g/mol. The predicted octanol–water partition coefficient (Wildman–Crippen LogP) is 3.03. The van der Waals surface area contributed by atoms with Crippen molar-refractivity contribution in [2.24, 2.45) is 5.10 Å². The Morgan fingerprint density at radius 1 is 1.12 bits per heavy atom. The Kier molecular flexibility index (Phi) is 6.69. The van der Waals surface area contributed by atoms with Gasteiger partial charge in [-0.05, 0) is 40.5 Å². The molecule has 24 heavy (non-hydrogen) atoms. The fourth-order valence-electron chi connectivity index (χ4n) is 1.92. The summed E-state index contributed by atoms with van der Waals surface area (Å²) in [7, 11) is 0. The number of hydrogen-bond donors (Lipinski definition) is 2. The average Bonchev–Trinajstić information content (AvgIpc) is 2.57. The minimum absolute atomic E-state index is 0.154. The van der Waals surface area contributed by atoms with Crippen molar-refractivity contribution in [2.45, 2.75) is 13.3 Å². The van der Waals surface area contributed by atoms with Gasteiger partial charge in [0.25, 0.3) is 5.91 Å². The van der Waals surface area contributed by atoms with E-state index in [0.717, 1.165) is 15.6 Å². The van der Waals surface area contributed by atoms with Crippen molar-refractivity contribution < 1.29 is 9.59 Å². The number of nitrogens with one attached hydrogen (secondary N) is 2. The van der Waals surface area contributed by atoms with E-state index in [1.807, 2.05) is 37.3 Å². The van der Waals surface area contributed by atoms with Gasteiger partial charge in [-0.1, -0.05) is 42.0 Å². The van der Waals surface area contributed by atoms with Gasteiger partial charge in [0.1, 0.15) is 0 Å². The van der Waals surface area contributed by atoms with Crippen LogP contribution in [0.3, 0.4) is 0 Å². The summed E-state index contributed by atoms with van der Waals surface area (Å²) in [5, 5.41) is 6.60. The maximum absolute atomic E-state index is 12.0. The van der Waals surface area contributed by atoms with Crippen LogP contribution in [-0.2, 0) is 4.79 Å². The standard InChI is InChI=1S/C18H18BrN3O2/c1-13-6-8-14(9-7-13)12-21-22-17(23)10-11-20-18(24)15-4-2-3-5-16(15)19/h2-9,12H,10-11H2,1H3,(H,20,24)(H,22,23). The molecule has 2 aromatic rings. The second-order valence-electron chi connectivity index (χ2n) is 5.19. The zero-order valence-electron chi connectivity index (χ0n) is 13.3. The number of amides is 2. The second-order valence-corrected chi connectivity index (χ2v) is 6.04. The zero-order valence-corrected chi connectivity index (χ0v) is 14.8. The van der Waals surface area contributed by atoms with Crippen LogP contribution >= 0.6 is 15.9 Å². The first-order valence-corrected chi connectivity index (χ1v) is 8.27. The predicted molar refractivity (Wildman–Crippen MR) is 98.0 cm³/mol. The number of hydrogen-bond acceptors (Lipinski definition) is 3. The third kappa shape index (κ3) is 5.62. The van der Waals surface area contributed by atoms with Crippen LogP contribution in [0.15, 0.2) is 58.1 Å². The van der Waals surface area contributed by atoms with Gasteiger partial charge in [0.15, 0.2) is 0 Å². The molecule has 2 rings (SSSR count). The number of aryl methyl sites for hydroxylation is 1. The molecule has 2 aromatic carbocycles. The summed E-state index contributed by atoms with van der Waals surface area (Å²) in [5.74, 6) is -0.482. The Hall–Kier alpha value is -2.47. The number of rotatable bonds is 6. The molecule has 0 atom stereocenters. The summed E-state index contributed by atoms with van der Waals surface area (Å²) in [5.41, 5.74) is 5.05. The fraction of sp³-hybridized carbons (Fsp3) is 0.167. The van der Waals surface area contributed by atoms with Gasteiger partial charge < -0.3 is 5.32 Å². The summed E-state index contributed by atoms with van der Waals surface area (Å²) in [6, 6.07) is 14.9. The Bertz CT molecular complexity index is 742. The first kappa shape index (κ1) is 17.9. The topological polar surface area (TPSA) is 70.6 Å². The van der Waals surface area contributed by atoms with Crippen molar-refractivity contribution >= 4 is 34.0 Å². The molecule has 0 aromatic heterocycles. The maximum atomic E-state index is 12.0. The number of halogens is 1. The third-order valence-corrected chi connectivity index (χ3v) is 3.93. The lowest BCUT2D eigenvalue weighted by molar-refractivity contribution is -0.120. The molecule has 0 radical (unpaired) electrons. The normalized spacial score (nSPS) is 10.6. The van der Waals surface area contributed by atoms with E-state index in [2.05, 4.69) is 31.8 Å². The van der Waals surface area contributed by atoms with Gasteiger partial charge in [0.2, 0.25) is 5.91 Å². The van der Waals surface area contributed by atoms with Crippen molar-refractivity contribution in [2.75, 3.05) is 6.54 Å².